The van der Waals surface area contributed by atoms with E-state index in [0.29, 0.717) is 0 Å². The van der Waals surface area contributed by atoms with Gasteiger partial charge < -0.3 is 10.6 Å². The fourth-order valence-corrected chi connectivity index (χ4v) is 2.33. The first-order valence-electron chi connectivity index (χ1n) is 6.88. The van der Waals surface area contributed by atoms with Gasteiger partial charge in [-0.25, -0.2) is 4.98 Å². The van der Waals surface area contributed by atoms with Crippen molar-refractivity contribution in [3.63, 3.8) is 0 Å². The van der Waals surface area contributed by atoms with Crippen LogP contribution in [-0.4, -0.2) is 30.0 Å². The van der Waals surface area contributed by atoms with E-state index in [4.69, 9.17) is 5.73 Å². The van der Waals surface area contributed by atoms with Crippen LogP contribution in [0.5, 0.6) is 0 Å². The van der Waals surface area contributed by atoms with E-state index in [9.17, 15) is 4.79 Å². The molecule has 0 saturated heterocycles. The monoisotopic (exact) mass is 292 g/mol. The van der Waals surface area contributed by atoms with Gasteiger partial charge in [-0.05, 0) is 29.8 Å². The fourth-order valence-electron chi connectivity index (χ4n) is 2.33. The number of aromatic nitrogens is 2. The van der Waals surface area contributed by atoms with Crippen molar-refractivity contribution in [1.29, 1.82) is 0 Å². The lowest BCUT2D eigenvalue weighted by Crippen LogP contribution is -2.12. The molecule has 0 atom stereocenters. The van der Waals surface area contributed by atoms with Crippen molar-refractivity contribution < 1.29 is 4.79 Å². The van der Waals surface area contributed by atoms with Crippen LogP contribution < -0.4 is 10.6 Å². The number of nitrogens with two attached hydrogens (primary N) is 1. The number of amides is 1. The topological polar surface area (TPSA) is 72.1 Å². The van der Waals surface area contributed by atoms with Crippen molar-refractivity contribution in [2.75, 3.05) is 19.0 Å². The van der Waals surface area contributed by atoms with E-state index >= 15 is 0 Å². The van der Waals surface area contributed by atoms with Gasteiger partial charge in [-0.2, -0.15) is 0 Å². The maximum absolute atomic E-state index is 11.4. The number of pyridine rings is 2. The second-order valence-electron chi connectivity index (χ2n) is 5.26. The normalized spacial score (nSPS) is 10.6. The van der Waals surface area contributed by atoms with Crippen LogP contribution in [0.15, 0.2) is 48.8 Å². The van der Waals surface area contributed by atoms with Crippen molar-refractivity contribution in [2.24, 2.45) is 5.73 Å². The van der Waals surface area contributed by atoms with Gasteiger partial charge in [0, 0.05) is 43.1 Å². The van der Waals surface area contributed by atoms with Crippen LogP contribution in [0.3, 0.4) is 0 Å². The Morgan fingerprint density at radius 3 is 2.41 bits per heavy atom. The van der Waals surface area contributed by atoms with Crippen LogP contribution in [0.4, 0.5) is 5.69 Å². The highest BCUT2D eigenvalue weighted by Crippen LogP contribution is 2.27. The lowest BCUT2D eigenvalue weighted by molar-refractivity contribution is 0.0996. The van der Waals surface area contributed by atoms with Crippen LogP contribution in [-0.2, 0) is 0 Å². The molecule has 2 N–H and O–H groups in total. The van der Waals surface area contributed by atoms with Gasteiger partial charge in [-0.3, -0.25) is 9.78 Å². The molecule has 110 valence electrons. The first kappa shape index (κ1) is 14.0. The van der Waals surface area contributed by atoms with Gasteiger partial charge in [0.25, 0.3) is 5.91 Å². The summed E-state index contributed by atoms with van der Waals surface area (Å²) >= 11 is 0. The molecule has 0 aliphatic carbocycles. The van der Waals surface area contributed by atoms with Gasteiger partial charge >= 0.3 is 0 Å². The predicted molar refractivity (Wildman–Crippen MR) is 87.8 cm³/mol. The number of benzene rings is 1. The Kier molecular flexibility index (Phi) is 3.47. The Morgan fingerprint density at radius 1 is 1.05 bits per heavy atom. The third kappa shape index (κ3) is 2.48. The molecule has 2 aromatic heterocycles. The van der Waals surface area contributed by atoms with Gasteiger partial charge in [-0.1, -0.05) is 12.1 Å². The van der Waals surface area contributed by atoms with Crippen molar-refractivity contribution >= 4 is 22.5 Å². The summed E-state index contributed by atoms with van der Waals surface area (Å²) in [7, 11) is 3.99. The lowest BCUT2D eigenvalue weighted by Gasteiger charge is -2.13. The molecule has 0 saturated carbocycles. The van der Waals surface area contributed by atoms with Gasteiger partial charge in [0.05, 0.1) is 5.52 Å². The number of hydrogen-bond donors (Lipinski definition) is 1. The average Bonchev–Trinajstić information content (AvgIpc) is 2.53. The maximum atomic E-state index is 11.4. The minimum absolute atomic E-state index is 0.255. The molecule has 0 aliphatic heterocycles. The summed E-state index contributed by atoms with van der Waals surface area (Å²) in [6, 6.07) is 11.5. The highest BCUT2D eigenvalue weighted by Gasteiger charge is 2.09. The van der Waals surface area contributed by atoms with Crippen LogP contribution in [0, 0.1) is 0 Å². The standard InChI is InChI=1S/C17H16N4O/c1-21(2)13-6-3-11(4-7-13)14-10-19-9-12-5-8-15(17(18)22)20-16(12)14/h3-10H,1-2H3,(H2,18,22). The number of hydrogen-bond acceptors (Lipinski definition) is 4. The highest BCUT2D eigenvalue weighted by atomic mass is 16.1. The van der Waals surface area contributed by atoms with E-state index in [0.717, 1.165) is 27.7 Å². The molecule has 5 heteroatoms. The SMILES string of the molecule is CN(C)c1ccc(-c2cncc3ccc(C(N)=O)nc23)cc1. The van der Waals surface area contributed by atoms with Crippen LogP contribution in [0.1, 0.15) is 10.5 Å². The molecule has 0 bridgehead atoms. The molecule has 5 nitrogen and oxygen atoms in total. The van der Waals surface area contributed by atoms with Gasteiger partial charge in [0.2, 0.25) is 0 Å². The fraction of sp³-hybridized carbons (Fsp3) is 0.118. The molecular formula is C17H16N4O. The van der Waals surface area contributed by atoms with Crippen molar-refractivity contribution in [3.8, 4) is 11.1 Å². The summed E-state index contributed by atoms with van der Waals surface area (Å²) < 4.78 is 0. The molecular weight excluding hydrogens is 276 g/mol. The number of rotatable bonds is 3. The summed E-state index contributed by atoms with van der Waals surface area (Å²) in [5.41, 5.74) is 9.30. The molecule has 0 unspecified atom stereocenters. The van der Waals surface area contributed by atoms with Gasteiger partial charge in [0.1, 0.15) is 5.69 Å². The first-order chi connectivity index (χ1) is 10.6. The zero-order valence-corrected chi connectivity index (χ0v) is 12.4. The second kappa shape index (κ2) is 5.44. The number of primary amides is 1. The largest absolute Gasteiger partial charge is 0.378 e. The average molecular weight is 292 g/mol. The van der Waals surface area contributed by atoms with E-state index < -0.39 is 5.91 Å². The number of carbonyl (C=O) groups is 1. The number of fused-ring (bicyclic) bond motifs is 1. The van der Waals surface area contributed by atoms with Crippen molar-refractivity contribution in [2.45, 2.75) is 0 Å². The minimum Gasteiger partial charge on any atom is -0.378 e. The van der Waals surface area contributed by atoms with Crippen molar-refractivity contribution in [1.82, 2.24) is 9.97 Å². The Labute approximate surface area is 128 Å². The molecule has 3 rings (SSSR count). The Balaban J connectivity index is 2.17. The number of nitrogens with zero attached hydrogens (tertiary/aromatic N) is 3. The summed E-state index contributed by atoms with van der Waals surface area (Å²) in [5.74, 6) is -0.535. The third-order valence-corrected chi connectivity index (χ3v) is 3.55. The summed E-state index contributed by atoms with van der Waals surface area (Å²) in [6.07, 6.45) is 3.48. The van der Waals surface area contributed by atoms with E-state index in [1.807, 2.05) is 49.3 Å². The van der Waals surface area contributed by atoms with Crippen LogP contribution in [0.25, 0.3) is 22.0 Å². The summed E-state index contributed by atoms with van der Waals surface area (Å²) in [6.45, 7) is 0. The van der Waals surface area contributed by atoms with Gasteiger partial charge in [0.15, 0.2) is 0 Å². The van der Waals surface area contributed by atoms with E-state index in [2.05, 4.69) is 9.97 Å². The first-order valence-corrected chi connectivity index (χ1v) is 6.88. The van der Waals surface area contributed by atoms with Crippen LogP contribution >= 0.6 is 0 Å². The number of carbonyl (C=O) groups excluding carboxylic acids is 1. The van der Waals surface area contributed by atoms with Crippen molar-refractivity contribution in [3.05, 3.63) is 54.5 Å². The minimum atomic E-state index is -0.535. The molecule has 0 spiro atoms. The van der Waals surface area contributed by atoms with E-state index in [-0.39, 0.29) is 5.69 Å². The Hall–Kier alpha value is -2.95. The molecule has 1 aromatic carbocycles. The third-order valence-electron chi connectivity index (χ3n) is 3.55. The summed E-state index contributed by atoms with van der Waals surface area (Å²) in [4.78, 5) is 22.0. The highest BCUT2D eigenvalue weighted by molar-refractivity contribution is 5.97. The van der Waals surface area contributed by atoms with E-state index in [1.54, 1.807) is 18.5 Å². The predicted octanol–water partition coefficient (Wildman–Crippen LogP) is 2.46. The molecule has 0 fully saturated rings. The molecule has 2 heterocycles. The smallest absolute Gasteiger partial charge is 0.267 e. The zero-order valence-electron chi connectivity index (χ0n) is 12.4. The van der Waals surface area contributed by atoms with Gasteiger partial charge in [-0.15, -0.1) is 0 Å². The van der Waals surface area contributed by atoms with E-state index in [1.165, 1.54) is 0 Å². The molecule has 1 amide bonds. The van der Waals surface area contributed by atoms with Crippen LogP contribution in [0.2, 0.25) is 0 Å². The zero-order chi connectivity index (χ0) is 15.7. The summed E-state index contributed by atoms with van der Waals surface area (Å²) in [5, 5.41) is 0.874. The second-order valence-corrected chi connectivity index (χ2v) is 5.26. The molecule has 22 heavy (non-hydrogen) atoms. The molecule has 0 aliphatic rings. The maximum Gasteiger partial charge on any atom is 0.267 e. The molecule has 0 radical (unpaired) electrons. The lowest BCUT2D eigenvalue weighted by atomic mass is 10.0. The quantitative estimate of drug-likeness (QED) is 0.805. The Bertz CT molecular complexity index is 841. The Morgan fingerprint density at radius 2 is 1.77 bits per heavy atom. The molecule has 3 aromatic rings. The number of anilines is 1.